The number of aryl methyl sites for hydroxylation is 1. The van der Waals surface area contributed by atoms with Gasteiger partial charge in [0, 0.05) is 49.8 Å². The molecule has 3 rings (SSSR count). The average Bonchev–Trinajstić information content (AvgIpc) is 2.68. The van der Waals surface area contributed by atoms with Crippen LogP contribution in [0.1, 0.15) is 57.0 Å². The number of amides is 1. The van der Waals surface area contributed by atoms with Crippen LogP contribution in [0.3, 0.4) is 0 Å². The average molecular weight is 361 g/mol. The summed E-state index contributed by atoms with van der Waals surface area (Å²) in [6, 6.07) is 2.15. The molecule has 0 bridgehead atoms. The minimum absolute atomic E-state index is 0.144. The maximum absolute atomic E-state index is 12.5. The molecule has 0 unspecified atom stereocenters. The number of carbonyl (C=O) groups excluding carboxylic acids is 1. The van der Waals surface area contributed by atoms with Crippen LogP contribution in [0, 0.1) is 12.8 Å². The first kappa shape index (κ1) is 19.1. The quantitative estimate of drug-likeness (QED) is 0.808. The van der Waals surface area contributed by atoms with Crippen molar-refractivity contribution in [1.29, 1.82) is 0 Å². The number of hydrogen-bond donors (Lipinski definition) is 0. The van der Waals surface area contributed by atoms with Gasteiger partial charge in [-0.15, -0.1) is 0 Å². The van der Waals surface area contributed by atoms with Crippen molar-refractivity contribution in [3.8, 4) is 0 Å². The number of aromatic nitrogens is 2. The Hall–Kier alpha value is -1.69. The summed E-state index contributed by atoms with van der Waals surface area (Å²) in [5.41, 5.74) is 1.13. The van der Waals surface area contributed by atoms with Crippen molar-refractivity contribution >= 4 is 11.7 Å². The van der Waals surface area contributed by atoms with Gasteiger partial charge in [0.15, 0.2) is 0 Å². The molecule has 0 radical (unpaired) electrons. The molecule has 1 atom stereocenters. The molecule has 6 nitrogen and oxygen atoms in total. The van der Waals surface area contributed by atoms with E-state index in [1.54, 1.807) is 0 Å². The van der Waals surface area contributed by atoms with Gasteiger partial charge < -0.3 is 14.5 Å². The van der Waals surface area contributed by atoms with Crippen molar-refractivity contribution in [2.24, 2.45) is 5.92 Å². The van der Waals surface area contributed by atoms with Gasteiger partial charge in [0.1, 0.15) is 11.6 Å². The third kappa shape index (κ3) is 4.53. The molecule has 2 saturated heterocycles. The van der Waals surface area contributed by atoms with Gasteiger partial charge in [-0.25, -0.2) is 9.97 Å². The summed E-state index contributed by atoms with van der Waals surface area (Å²) in [5, 5.41) is 0. The summed E-state index contributed by atoms with van der Waals surface area (Å²) in [4.78, 5) is 26.2. The number of piperidine rings is 1. The van der Waals surface area contributed by atoms with E-state index in [4.69, 9.17) is 9.72 Å². The van der Waals surface area contributed by atoms with Crippen LogP contribution in [0.4, 0.5) is 5.82 Å². The zero-order valence-electron chi connectivity index (χ0n) is 16.4. The topological polar surface area (TPSA) is 58.6 Å². The Kier molecular flexibility index (Phi) is 6.46. The lowest BCUT2D eigenvalue weighted by Crippen LogP contribution is -2.41. The Morgan fingerprint density at radius 3 is 2.58 bits per heavy atom. The highest BCUT2D eigenvalue weighted by atomic mass is 16.5. The van der Waals surface area contributed by atoms with E-state index in [2.05, 4.69) is 29.8 Å². The molecule has 1 amide bonds. The highest BCUT2D eigenvalue weighted by Gasteiger charge is 2.27. The second kappa shape index (κ2) is 8.80. The summed E-state index contributed by atoms with van der Waals surface area (Å²) in [6.07, 6.45) is 4.02. The molecule has 26 heavy (non-hydrogen) atoms. The van der Waals surface area contributed by atoms with E-state index in [-0.39, 0.29) is 5.92 Å². The van der Waals surface area contributed by atoms with Gasteiger partial charge in [0.2, 0.25) is 5.91 Å². The molecule has 2 aliphatic rings. The van der Waals surface area contributed by atoms with Gasteiger partial charge in [-0.1, -0.05) is 20.3 Å². The minimum atomic E-state index is 0.144. The SMILES string of the molecule is CCC[C@@H](C)C(=O)N1CCC(c2cc(N3CCOCC3)nc(C)n2)CC1. The summed E-state index contributed by atoms with van der Waals surface area (Å²) in [5.74, 6) is 2.73. The second-order valence-corrected chi connectivity index (χ2v) is 7.59. The number of anilines is 1. The fourth-order valence-corrected chi connectivity index (χ4v) is 4.00. The number of morpholine rings is 1. The van der Waals surface area contributed by atoms with Gasteiger partial charge in [0.25, 0.3) is 0 Å². The fourth-order valence-electron chi connectivity index (χ4n) is 4.00. The Morgan fingerprint density at radius 2 is 1.92 bits per heavy atom. The van der Waals surface area contributed by atoms with Gasteiger partial charge in [-0.05, 0) is 26.2 Å². The van der Waals surface area contributed by atoms with Crippen LogP contribution in [0.25, 0.3) is 0 Å². The summed E-state index contributed by atoms with van der Waals surface area (Å²) in [7, 11) is 0. The van der Waals surface area contributed by atoms with E-state index in [0.29, 0.717) is 11.8 Å². The number of likely N-dealkylation sites (tertiary alicyclic amines) is 1. The van der Waals surface area contributed by atoms with Crippen molar-refractivity contribution in [2.45, 2.75) is 52.4 Å². The van der Waals surface area contributed by atoms with Crippen molar-refractivity contribution in [1.82, 2.24) is 14.9 Å². The van der Waals surface area contributed by atoms with Gasteiger partial charge in [0.05, 0.1) is 13.2 Å². The normalized spacial score (nSPS) is 20.3. The molecule has 1 aromatic rings. The summed E-state index contributed by atoms with van der Waals surface area (Å²) >= 11 is 0. The van der Waals surface area contributed by atoms with E-state index in [1.807, 2.05) is 11.8 Å². The van der Waals surface area contributed by atoms with Crippen LogP contribution in [0.2, 0.25) is 0 Å². The first-order valence-corrected chi connectivity index (χ1v) is 10.1. The smallest absolute Gasteiger partial charge is 0.225 e. The lowest BCUT2D eigenvalue weighted by molar-refractivity contribution is -0.136. The predicted molar refractivity (Wildman–Crippen MR) is 102 cm³/mol. The summed E-state index contributed by atoms with van der Waals surface area (Å²) < 4.78 is 5.45. The molecule has 3 heterocycles. The van der Waals surface area contributed by atoms with Crippen LogP contribution >= 0.6 is 0 Å². The Bertz CT molecular complexity index is 608. The molecule has 144 valence electrons. The molecule has 1 aromatic heterocycles. The van der Waals surface area contributed by atoms with Crippen molar-refractivity contribution < 1.29 is 9.53 Å². The Balaban J connectivity index is 1.64. The molecule has 0 aromatic carbocycles. The zero-order valence-corrected chi connectivity index (χ0v) is 16.4. The predicted octanol–water partition coefficient (Wildman–Crippen LogP) is 2.76. The molecule has 2 fully saturated rings. The van der Waals surface area contributed by atoms with Crippen molar-refractivity contribution in [3.63, 3.8) is 0 Å². The lowest BCUT2D eigenvalue weighted by Gasteiger charge is -2.34. The number of carbonyl (C=O) groups is 1. The third-order valence-electron chi connectivity index (χ3n) is 5.55. The maximum atomic E-state index is 12.5. The second-order valence-electron chi connectivity index (χ2n) is 7.59. The largest absolute Gasteiger partial charge is 0.378 e. The fraction of sp³-hybridized carbons (Fsp3) is 0.750. The molecule has 2 aliphatic heterocycles. The van der Waals surface area contributed by atoms with Crippen LogP contribution in [0.15, 0.2) is 6.07 Å². The molecule has 0 N–H and O–H groups in total. The van der Waals surface area contributed by atoms with Gasteiger partial charge in [-0.3, -0.25) is 4.79 Å². The highest BCUT2D eigenvalue weighted by Crippen LogP contribution is 2.29. The van der Waals surface area contributed by atoms with Gasteiger partial charge >= 0.3 is 0 Å². The van der Waals surface area contributed by atoms with Crippen LogP contribution < -0.4 is 4.90 Å². The standard InChI is InChI=1S/C20H32N4O2/c1-4-5-15(2)20(25)24-8-6-17(7-9-24)18-14-19(22-16(3)21-18)23-10-12-26-13-11-23/h14-15,17H,4-13H2,1-3H3/t15-/m1/s1. The number of hydrogen-bond acceptors (Lipinski definition) is 5. The Labute approximate surface area is 156 Å². The van der Waals surface area contributed by atoms with E-state index in [1.165, 1.54) is 0 Å². The Morgan fingerprint density at radius 1 is 1.23 bits per heavy atom. The molecular formula is C20H32N4O2. The van der Waals surface area contributed by atoms with Crippen LogP contribution in [-0.4, -0.2) is 60.2 Å². The molecular weight excluding hydrogens is 328 g/mol. The van der Waals surface area contributed by atoms with E-state index >= 15 is 0 Å². The number of rotatable bonds is 5. The molecule has 6 heteroatoms. The zero-order chi connectivity index (χ0) is 18.5. The van der Waals surface area contributed by atoms with E-state index in [9.17, 15) is 4.79 Å². The van der Waals surface area contributed by atoms with Crippen LogP contribution in [0.5, 0.6) is 0 Å². The van der Waals surface area contributed by atoms with Crippen molar-refractivity contribution in [3.05, 3.63) is 17.6 Å². The first-order valence-electron chi connectivity index (χ1n) is 10.1. The monoisotopic (exact) mass is 360 g/mol. The minimum Gasteiger partial charge on any atom is -0.378 e. The lowest BCUT2D eigenvalue weighted by atomic mass is 9.92. The highest BCUT2D eigenvalue weighted by molar-refractivity contribution is 5.78. The van der Waals surface area contributed by atoms with E-state index in [0.717, 1.165) is 82.4 Å². The van der Waals surface area contributed by atoms with Crippen molar-refractivity contribution in [2.75, 3.05) is 44.3 Å². The third-order valence-corrected chi connectivity index (χ3v) is 5.55. The number of nitrogens with zero attached hydrogens (tertiary/aromatic N) is 4. The molecule has 0 spiro atoms. The molecule has 0 aliphatic carbocycles. The van der Waals surface area contributed by atoms with Crippen LogP contribution in [-0.2, 0) is 9.53 Å². The number of ether oxygens (including phenoxy) is 1. The van der Waals surface area contributed by atoms with Gasteiger partial charge in [-0.2, -0.15) is 0 Å². The molecule has 0 saturated carbocycles. The summed E-state index contributed by atoms with van der Waals surface area (Å²) in [6.45, 7) is 11.1. The maximum Gasteiger partial charge on any atom is 0.225 e. The first-order chi connectivity index (χ1) is 12.6. The van der Waals surface area contributed by atoms with E-state index < -0.39 is 0 Å².